The number of nitrogens with one attached hydrogen (secondary N) is 2. The Balaban J connectivity index is 1.38. The second-order valence-corrected chi connectivity index (χ2v) is 7.96. The van der Waals surface area contributed by atoms with Crippen LogP contribution in [0.2, 0.25) is 0 Å². The first kappa shape index (κ1) is 20.5. The quantitative estimate of drug-likeness (QED) is 0.598. The van der Waals surface area contributed by atoms with Gasteiger partial charge in [0, 0.05) is 30.1 Å². The smallest absolute Gasteiger partial charge is 0.261 e. The van der Waals surface area contributed by atoms with E-state index in [0.29, 0.717) is 28.8 Å². The number of pyridine rings is 1. The number of amides is 3. The second kappa shape index (κ2) is 8.18. The molecule has 3 amide bonds. The number of nitrogens with zero attached hydrogens (tertiary/aromatic N) is 1. The number of fused-ring (bicyclic) bond motifs is 2. The molecule has 1 aromatic heterocycles. The molecule has 1 aliphatic rings. The van der Waals surface area contributed by atoms with E-state index < -0.39 is 0 Å². The van der Waals surface area contributed by atoms with Gasteiger partial charge in [0.2, 0.25) is 11.5 Å². The normalized spacial score (nSPS) is 13.2. The summed E-state index contributed by atoms with van der Waals surface area (Å²) in [5.74, 6) is -0.661. The molecule has 0 spiro atoms. The van der Waals surface area contributed by atoms with Crippen molar-refractivity contribution in [3.8, 4) is 0 Å². The third-order valence-corrected chi connectivity index (χ3v) is 5.44. The van der Waals surface area contributed by atoms with E-state index in [9.17, 15) is 19.2 Å². The number of rotatable bonds is 6. The summed E-state index contributed by atoms with van der Waals surface area (Å²) in [5.41, 5.74) is 2.83. The van der Waals surface area contributed by atoms with E-state index in [1.165, 1.54) is 4.90 Å². The van der Waals surface area contributed by atoms with Crippen molar-refractivity contribution >= 4 is 34.3 Å². The summed E-state index contributed by atoms with van der Waals surface area (Å²) in [6.45, 7) is 4.24. The first-order valence-corrected chi connectivity index (χ1v) is 10.3. The molecule has 0 unspecified atom stereocenters. The number of carbonyl (C=O) groups excluding carboxylic acids is 3. The van der Waals surface area contributed by atoms with Crippen LogP contribution >= 0.6 is 0 Å². The van der Waals surface area contributed by atoms with E-state index in [2.05, 4.69) is 10.3 Å². The second-order valence-electron chi connectivity index (χ2n) is 7.96. The molecule has 0 bridgehead atoms. The Kier molecular flexibility index (Phi) is 5.42. The highest BCUT2D eigenvalue weighted by molar-refractivity contribution is 6.21. The molecule has 2 heterocycles. The molecule has 3 aromatic rings. The Hall–Kier alpha value is -3.74. The van der Waals surface area contributed by atoms with Crippen molar-refractivity contribution < 1.29 is 14.4 Å². The van der Waals surface area contributed by atoms with Crippen LogP contribution in [0, 0.1) is 0 Å². The summed E-state index contributed by atoms with van der Waals surface area (Å²) < 4.78 is 0. The van der Waals surface area contributed by atoms with Crippen LogP contribution in [0.4, 0.5) is 5.69 Å². The van der Waals surface area contributed by atoms with Gasteiger partial charge in [0.1, 0.15) is 0 Å². The van der Waals surface area contributed by atoms with E-state index in [0.717, 1.165) is 10.9 Å². The highest BCUT2D eigenvalue weighted by Gasteiger charge is 2.34. The third-order valence-electron chi connectivity index (χ3n) is 5.44. The Bertz CT molecular complexity index is 1220. The Morgan fingerprint density at radius 2 is 1.68 bits per heavy atom. The number of aromatic nitrogens is 1. The van der Waals surface area contributed by atoms with Crippen molar-refractivity contribution in [2.75, 3.05) is 11.9 Å². The topological polar surface area (TPSA) is 99.3 Å². The number of anilines is 1. The van der Waals surface area contributed by atoms with Crippen molar-refractivity contribution in [1.82, 2.24) is 9.88 Å². The van der Waals surface area contributed by atoms with Crippen molar-refractivity contribution in [2.24, 2.45) is 0 Å². The lowest BCUT2D eigenvalue weighted by Crippen LogP contribution is -2.31. The minimum atomic E-state index is -0.319. The molecular weight excluding hydrogens is 394 g/mol. The number of carbonyl (C=O) groups is 3. The molecule has 0 atom stereocenters. The molecule has 0 fully saturated rings. The van der Waals surface area contributed by atoms with Crippen LogP contribution in [0.5, 0.6) is 0 Å². The van der Waals surface area contributed by atoms with Crippen LogP contribution in [-0.4, -0.2) is 34.2 Å². The first-order valence-electron chi connectivity index (χ1n) is 10.3. The molecule has 0 saturated heterocycles. The van der Waals surface area contributed by atoms with Crippen LogP contribution in [0.25, 0.3) is 10.9 Å². The molecule has 2 N–H and O–H groups in total. The minimum absolute atomic E-state index is 0.161. The highest BCUT2D eigenvalue weighted by Crippen LogP contribution is 2.25. The standard InChI is InChI=1S/C24H23N3O4/c1-14(2)19-13-22(29)26-20-12-15(9-10-16(19)20)25-21(28)8-5-11-27-23(30)17-6-3-4-7-18(17)24(27)31/h3-4,6-7,9-10,12-14H,5,8,11H2,1-2H3,(H,25,28)(H,26,29). The van der Waals surface area contributed by atoms with E-state index in [1.807, 2.05) is 19.9 Å². The maximum absolute atomic E-state index is 12.4. The molecule has 7 heteroatoms. The van der Waals surface area contributed by atoms with Crippen molar-refractivity contribution in [3.63, 3.8) is 0 Å². The fraction of sp³-hybridized carbons (Fsp3) is 0.250. The summed E-state index contributed by atoms with van der Waals surface area (Å²) in [6.07, 6.45) is 0.521. The summed E-state index contributed by atoms with van der Waals surface area (Å²) in [5, 5.41) is 3.76. The minimum Gasteiger partial charge on any atom is -0.326 e. The molecule has 2 aromatic carbocycles. The van der Waals surface area contributed by atoms with Gasteiger partial charge in [0.25, 0.3) is 11.8 Å². The number of benzene rings is 2. The molecule has 0 aliphatic carbocycles. The van der Waals surface area contributed by atoms with Gasteiger partial charge in [-0.05, 0) is 42.2 Å². The molecule has 0 radical (unpaired) electrons. The van der Waals surface area contributed by atoms with Crippen LogP contribution in [0.15, 0.2) is 53.3 Å². The molecular formula is C24H23N3O4. The first-order chi connectivity index (χ1) is 14.8. The molecule has 0 saturated carbocycles. The number of hydrogen-bond donors (Lipinski definition) is 2. The maximum Gasteiger partial charge on any atom is 0.261 e. The lowest BCUT2D eigenvalue weighted by Gasteiger charge is -2.14. The van der Waals surface area contributed by atoms with Gasteiger partial charge in [-0.3, -0.25) is 24.1 Å². The Morgan fingerprint density at radius 1 is 1.00 bits per heavy atom. The monoisotopic (exact) mass is 417 g/mol. The van der Waals surface area contributed by atoms with Gasteiger partial charge in [-0.2, -0.15) is 0 Å². The average Bonchev–Trinajstić information content (AvgIpc) is 2.98. The van der Waals surface area contributed by atoms with Crippen LogP contribution < -0.4 is 10.9 Å². The number of H-pyrrole nitrogens is 1. The van der Waals surface area contributed by atoms with Gasteiger partial charge >= 0.3 is 0 Å². The summed E-state index contributed by atoms with van der Waals surface area (Å²) in [4.78, 5) is 53.1. The van der Waals surface area contributed by atoms with E-state index in [-0.39, 0.29) is 42.2 Å². The largest absolute Gasteiger partial charge is 0.326 e. The van der Waals surface area contributed by atoms with E-state index in [4.69, 9.17) is 0 Å². The van der Waals surface area contributed by atoms with Gasteiger partial charge in [0.05, 0.1) is 16.6 Å². The van der Waals surface area contributed by atoms with Crippen LogP contribution in [-0.2, 0) is 4.79 Å². The number of imide groups is 1. The molecule has 7 nitrogen and oxygen atoms in total. The zero-order valence-corrected chi connectivity index (χ0v) is 17.4. The summed E-state index contributed by atoms with van der Waals surface area (Å²) in [6, 6.07) is 13.7. The lowest BCUT2D eigenvalue weighted by molar-refractivity contribution is -0.116. The molecule has 1 aliphatic heterocycles. The average molecular weight is 417 g/mol. The van der Waals surface area contributed by atoms with Gasteiger partial charge in [-0.15, -0.1) is 0 Å². The van der Waals surface area contributed by atoms with Crippen molar-refractivity contribution in [3.05, 3.63) is 75.6 Å². The summed E-state index contributed by atoms with van der Waals surface area (Å²) in [7, 11) is 0. The van der Waals surface area contributed by atoms with Crippen LogP contribution in [0.3, 0.4) is 0 Å². The van der Waals surface area contributed by atoms with Gasteiger partial charge < -0.3 is 10.3 Å². The van der Waals surface area contributed by atoms with Crippen LogP contribution in [0.1, 0.15) is 58.9 Å². The predicted molar refractivity (Wildman–Crippen MR) is 118 cm³/mol. The predicted octanol–water partition coefficient (Wildman–Crippen LogP) is 3.67. The zero-order valence-electron chi connectivity index (χ0n) is 17.4. The SMILES string of the molecule is CC(C)c1cc(=O)[nH]c2cc(NC(=O)CCCN3C(=O)c4ccccc4C3=O)ccc12. The number of hydrogen-bond acceptors (Lipinski definition) is 4. The van der Waals surface area contributed by atoms with E-state index >= 15 is 0 Å². The lowest BCUT2D eigenvalue weighted by atomic mass is 9.99. The van der Waals surface area contributed by atoms with Gasteiger partial charge in [0.15, 0.2) is 0 Å². The third kappa shape index (κ3) is 3.99. The van der Waals surface area contributed by atoms with Gasteiger partial charge in [-0.25, -0.2) is 0 Å². The summed E-state index contributed by atoms with van der Waals surface area (Å²) >= 11 is 0. The maximum atomic E-state index is 12.4. The molecule has 4 rings (SSSR count). The van der Waals surface area contributed by atoms with Gasteiger partial charge in [-0.1, -0.05) is 32.0 Å². The molecule has 31 heavy (non-hydrogen) atoms. The number of aromatic amines is 1. The Labute approximate surface area is 179 Å². The zero-order chi connectivity index (χ0) is 22.1. The molecule has 158 valence electrons. The van der Waals surface area contributed by atoms with Crippen molar-refractivity contribution in [2.45, 2.75) is 32.6 Å². The van der Waals surface area contributed by atoms with E-state index in [1.54, 1.807) is 42.5 Å². The van der Waals surface area contributed by atoms with Crippen molar-refractivity contribution in [1.29, 1.82) is 0 Å². The highest BCUT2D eigenvalue weighted by atomic mass is 16.2. The fourth-order valence-electron chi connectivity index (χ4n) is 3.91. The fourth-order valence-corrected chi connectivity index (χ4v) is 3.91. The Morgan fingerprint density at radius 3 is 2.32 bits per heavy atom.